The lowest BCUT2D eigenvalue weighted by atomic mass is 9.84. The highest BCUT2D eigenvalue weighted by atomic mass is 31.2. The molecule has 0 saturated carbocycles. The average Bonchev–Trinajstić information content (AvgIpc) is 2.34. The van der Waals surface area contributed by atoms with Crippen LogP contribution in [0.5, 0.6) is 5.75 Å². The number of ether oxygens (including phenoxy) is 1. The summed E-state index contributed by atoms with van der Waals surface area (Å²) in [6.07, 6.45) is 0.479. The highest BCUT2D eigenvalue weighted by Gasteiger charge is 2.32. The smallest absolute Gasteiger partial charge is 0.332 e. The zero-order valence-electron chi connectivity index (χ0n) is 11.8. The van der Waals surface area contributed by atoms with Gasteiger partial charge in [0.2, 0.25) is 0 Å². The number of rotatable bonds is 8. The van der Waals surface area contributed by atoms with E-state index >= 15 is 0 Å². The molecule has 0 saturated heterocycles. The largest absolute Gasteiger partial charge is 0.494 e. The van der Waals surface area contributed by atoms with Gasteiger partial charge in [-0.25, -0.2) is 0 Å². The topological polar surface area (TPSA) is 83.8 Å². The second-order valence-corrected chi connectivity index (χ2v) is 7.04. The van der Waals surface area contributed by atoms with E-state index in [1.807, 2.05) is 30.3 Å². The third-order valence-corrected chi connectivity index (χ3v) is 3.76. The second kappa shape index (κ2) is 7.02. The van der Waals surface area contributed by atoms with E-state index in [2.05, 4.69) is 0 Å². The summed E-state index contributed by atoms with van der Waals surface area (Å²) < 4.78 is 16.4. The van der Waals surface area contributed by atoms with Crippen molar-refractivity contribution in [2.45, 2.75) is 26.7 Å². The van der Waals surface area contributed by atoms with Gasteiger partial charge in [0.05, 0.1) is 6.61 Å². The predicted molar refractivity (Wildman–Crippen MR) is 76.9 cm³/mol. The fraction of sp³-hybridized carbons (Fsp3) is 0.500. The van der Waals surface area contributed by atoms with E-state index in [-0.39, 0.29) is 0 Å². The summed E-state index contributed by atoms with van der Waals surface area (Å²) >= 11 is 0. The molecule has 0 spiro atoms. The Kier molecular flexibility index (Phi) is 5.93. The lowest BCUT2D eigenvalue weighted by molar-refractivity contribution is -0.125. The van der Waals surface area contributed by atoms with Crippen molar-refractivity contribution in [2.75, 3.05) is 12.8 Å². The SMILES string of the molecule is CC(C)(CCCOc1ccccc1)C(=O)CP(=O)(O)O. The lowest BCUT2D eigenvalue weighted by Gasteiger charge is -2.23. The standard InChI is InChI=1S/C14H21O5P/c1-14(2,13(15)11-20(16,17)18)9-6-10-19-12-7-4-3-5-8-12/h3-5,7-8H,6,9-11H2,1-2H3,(H2,16,17,18). The highest BCUT2D eigenvalue weighted by molar-refractivity contribution is 7.52. The van der Waals surface area contributed by atoms with Gasteiger partial charge in [0.15, 0.2) is 0 Å². The Bertz CT molecular complexity index is 478. The first-order valence-corrected chi connectivity index (χ1v) is 8.26. The maximum absolute atomic E-state index is 11.8. The maximum atomic E-state index is 11.8. The van der Waals surface area contributed by atoms with Crippen LogP contribution in [-0.4, -0.2) is 28.3 Å². The molecule has 0 bridgehead atoms. The Labute approximate surface area is 119 Å². The molecule has 20 heavy (non-hydrogen) atoms. The first-order chi connectivity index (χ1) is 9.21. The van der Waals surface area contributed by atoms with E-state index < -0.39 is 25.0 Å². The maximum Gasteiger partial charge on any atom is 0.332 e. The molecule has 0 aromatic heterocycles. The summed E-state index contributed by atoms with van der Waals surface area (Å²) in [7, 11) is -4.29. The minimum atomic E-state index is -4.29. The quantitative estimate of drug-likeness (QED) is 0.569. The van der Waals surface area contributed by atoms with Crippen LogP contribution >= 0.6 is 7.60 Å². The normalized spacial score (nSPS) is 12.2. The van der Waals surface area contributed by atoms with Crippen molar-refractivity contribution in [3.8, 4) is 5.75 Å². The molecule has 0 atom stereocenters. The van der Waals surface area contributed by atoms with Crippen LogP contribution in [-0.2, 0) is 9.36 Å². The van der Waals surface area contributed by atoms with Crippen LogP contribution in [0.3, 0.4) is 0 Å². The monoisotopic (exact) mass is 300 g/mol. The first kappa shape index (κ1) is 16.9. The van der Waals surface area contributed by atoms with Crippen molar-refractivity contribution in [3.63, 3.8) is 0 Å². The number of benzene rings is 1. The molecule has 2 N–H and O–H groups in total. The first-order valence-electron chi connectivity index (χ1n) is 6.46. The van der Waals surface area contributed by atoms with Gasteiger partial charge in [-0.15, -0.1) is 0 Å². The Morgan fingerprint density at radius 2 is 1.85 bits per heavy atom. The van der Waals surface area contributed by atoms with Crippen LogP contribution in [0, 0.1) is 5.41 Å². The number of hydrogen-bond donors (Lipinski definition) is 2. The third-order valence-electron chi connectivity index (χ3n) is 3.06. The van der Waals surface area contributed by atoms with Crippen LogP contribution in [0.4, 0.5) is 0 Å². The number of ketones is 1. The average molecular weight is 300 g/mol. The molecular weight excluding hydrogens is 279 g/mol. The zero-order chi connectivity index (χ0) is 15.2. The van der Waals surface area contributed by atoms with Gasteiger partial charge in [0, 0.05) is 5.41 Å². The molecule has 0 aliphatic carbocycles. The molecule has 0 aliphatic heterocycles. The molecule has 1 aromatic carbocycles. The lowest BCUT2D eigenvalue weighted by Crippen LogP contribution is -2.27. The van der Waals surface area contributed by atoms with Crippen LogP contribution in [0.25, 0.3) is 0 Å². The fourth-order valence-corrected chi connectivity index (χ4v) is 2.56. The van der Waals surface area contributed by atoms with Crippen molar-refractivity contribution in [1.82, 2.24) is 0 Å². The van der Waals surface area contributed by atoms with Crippen LogP contribution in [0.1, 0.15) is 26.7 Å². The van der Waals surface area contributed by atoms with Gasteiger partial charge in [-0.1, -0.05) is 32.0 Å². The predicted octanol–water partition coefficient (Wildman–Crippen LogP) is 2.62. The molecule has 1 aromatic rings. The Hall–Kier alpha value is -1.16. The molecule has 0 amide bonds. The van der Waals surface area contributed by atoms with Crippen molar-refractivity contribution in [1.29, 1.82) is 0 Å². The number of carbonyl (C=O) groups excluding carboxylic acids is 1. The molecule has 112 valence electrons. The van der Waals surface area contributed by atoms with Crippen molar-refractivity contribution in [3.05, 3.63) is 30.3 Å². The summed E-state index contributed by atoms with van der Waals surface area (Å²) in [6.45, 7) is 3.87. The van der Waals surface area contributed by atoms with E-state index in [4.69, 9.17) is 14.5 Å². The van der Waals surface area contributed by atoms with Crippen molar-refractivity contribution >= 4 is 13.4 Å². The summed E-state index contributed by atoms with van der Waals surface area (Å²) in [5.74, 6) is 0.359. The molecule has 0 radical (unpaired) electrons. The molecule has 0 aliphatic rings. The molecule has 5 nitrogen and oxygen atoms in total. The summed E-state index contributed by atoms with van der Waals surface area (Å²) in [5.41, 5.74) is -0.749. The molecular formula is C14H21O5P. The van der Waals surface area contributed by atoms with E-state index in [1.54, 1.807) is 13.8 Å². The molecule has 1 rings (SSSR count). The number of Topliss-reactive ketones (excluding diaryl/α,β-unsaturated/α-hetero) is 1. The van der Waals surface area contributed by atoms with Gasteiger partial charge in [0.25, 0.3) is 0 Å². The van der Waals surface area contributed by atoms with Crippen LogP contribution in [0.15, 0.2) is 30.3 Å². The number of para-hydroxylation sites is 1. The third kappa shape index (κ3) is 6.33. The Morgan fingerprint density at radius 1 is 1.25 bits per heavy atom. The molecule has 0 heterocycles. The Morgan fingerprint density at radius 3 is 2.40 bits per heavy atom. The zero-order valence-corrected chi connectivity index (χ0v) is 12.7. The highest BCUT2D eigenvalue weighted by Crippen LogP contribution is 2.38. The minimum absolute atomic E-state index is 0.412. The summed E-state index contributed by atoms with van der Waals surface area (Å²) in [5, 5.41) is 0. The van der Waals surface area contributed by atoms with E-state index in [1.165, 1.54) is 0 Å². The fourth-order valence-electron chi connectivity index (χ4n) is 1.76. The van der Waals surface area contributed by atoms with E-state index in [0.29, 0.717) is 19.4 Å². The van der Waals surface area contributed by atoms with E-state index in [0.717, 1.165) is 5.75 Å². The van der Waals surface area contributed by atoms with Crippen molar-refractivity contribution < 1.29 is 23.9 Å². The van der Waals surface area contributed by atoms with Gasteiger partial charge in [-0.3, -0.25) is 9.36 Å². The molecule has 0 fully saturated rings. The second-order valence-electron chi connectivity index (χ2n) is 5.39. The van der Waals surface area contributed by atoms with E-state index in [9.17, 15) is 9.36 Å². The van der Waals surface area contributed by atoms with Gasteiger partial charge < -0.3 is 14.5 Å². The number of hydrogen-bond acceptors (Lipinski definition) is 3. The van der Waals surface area contributed by atoms with Gasteiger partial charge in [0.1, 0.15) is 17.7 Å². The van der Waals surface area contributed by atoms with Gasteiger partial charge in [-0.2, -0.15) is 0 Å². The van der Waals surface area contributed by atoms with Crippen LogP contribution < -0.4 is 4.74 Å². The Balaban J connectivity index is 2.36. The number of carbonyl (C=O) groups is 1. The van der Waals surface area contributed by atoms with Crippen LogP contribution in [0.2, 0.25) is 0 Å². The summed E-state index contributed by atoms with van der Waals surface area (Å²) in [4.78, 5) is 29.5. The van der Waals surface area contributed by atoms with Gasteiger partial charge >= 0.3 is 7.60 Å². The molecule has 6 heteroatoms. The molecule has 0 unspecified atom stereocenters. The van der Waals surface area contributed by atoms with Gasteiger partial charge in [-0.05, 0) is 25.0 Å². The summed E-state index contributed by atoms with van der Waals surface area (Å²) in [6, 6.07) is 9.36. The van der Waals surface area contributed by atoms with Crippen molar-refractivity contribution in [2.24, 2.45) is 5.41 Å². The minimum Gasteiger partial charge on any atom is -0.494 e.